The van der Waals surface area contributed by atoms with E-state index in [1.807, 2.05) is 0 Å². The van der Waals surface area contributed by atoms with Gasteiger partial charge in [-0.25, -0.2) is 4.39 Å². The Hall–Kier alpha value is -2.83. The molecule has 0 fully saturated rings. The first-order valence-corrected chi connectivity index (χ1v) is 9.53. The monoisotopic (exact) mass is 469 g/mol. The van der Waals surface area contributed by atoms with Gasteiger partial charge in [-0.2, -0.15) is 22.0 Å². The molecule has 13 heteroatoms. The van der Waals surface area contributed by atoms with Gasteiger partial charge in [0.15, 0.2) is 16.7 Å². The van der Waals surface area contributed by atoms with E-state index in [1.165, 1.54) is 6.92 Å². The summed E-state index contributed by atoms with van der Waals surface area (Å²) in [6.45, 7) is 1.33. The highest BCUT2D eigenvalue weighted by Gasteiger charge is 2.61. The minimum atomic E-state index is -5.97. The Morgan fingerprint density at radius 3 is 2.52 bits per heavy atom. The standard InChI is InChI=1S/C18H13F6NO5S/c1-7-9(5-12(27)28)14-10(2-3-11(26)15(14)19)25(7)16(29)8-4-13(31-6-8)30-18(23,24)17(20,21)22/h4,6,10H,2-3,5H2,1H3,(H,27,28). The van der Waals surface area contributed by atoms with Crippen molar-refractivity contribution < 1.29 is 50.6 Å². The zero-order valence-corrected chi connectivity index (χ0v) is 16.4. The van der Waals surface area contributed by atoms with Crippen LogP contribution in [0.5, 0.6) is 5.06 Å². The third kappa shape index (κ3) is 4.05. The van der Waals surface area contributed by atoms with Crippen molar-refractivity contribution in [1.82, 2.24) is 4.90 Å². The van der Waals surface area contributed by atoms with Gasteiger partial charge in [-0.3, -0.25) is 14.4 Å². The predicted molar refractivity (Wildman–Crippen MR) is 93.2 cm³/mol. The van der Waals surface area contributed by atoms with E-state index < -0.39 is 53.3 Å². The first kappa shape index (κ1) is 22.8. The summed E-state index contributed by atoms with van der Waals surface area (Å²) in [6, 6.07) is -0.316. The maximum Gasteiger partial charge on any atom is 0.499 e. The van der Waals surface area contributed by atoms with Crippen LogP contribution in [0.2, 0.25) is 0 Å². The van der Waals surface area contributed by atoms with Crippen molar-refractivity contribution in [1.29, 1.82) is 0 Å². The fourth-order valence-corrected chi connectivity index (χ4v) is 4.22. The van der Waals surface area contributed by atoms with Crippen LogP contribution in [0.4, 0.5) is 26.3 Å². The van der Waals surface area contributed by atoms with Crippen LogP contribution in [0.15, 0.2) is 34.1 Å². The van der Waals surface area contributed by atoms with Gasteiger partial charge < -0.3 is 14.7 Å². The Morgan fingerprint density at radius 1 is 1.29 bits per heavy atom. The topological polar surface area (TPSA) is 83.9 Å². The molecule has 0 spiro atoms. The van der Waals surface area contributed by atoms with Crippen molar-refractivity contribution >= 4 is 29.0 Å². The molecule has 1 aliphatic heterocycles. The number of allylic oxidation sites excluding steroid dienone is 2. The number of ketones is 1. The Kier molecular flexibility index (Phi) is 5.67. The van der Waals surface area contributed by atoms with Gasteiger partial charge in [0, 0.05) is 29.1 Å². The number of hydrogen-bond acceptors (Lipinski definition) is 5. The van der Waals surface area contributed by atoms with Crippen LogP contribution in [0.3, 0.4) is 0 Å². The van der Waals surface area contributed by atoms with Crippen LogP contribution in [-0.2, 0) is 9.59 Å². The zero-order valence-electron chi connectivity index (χ0n) is 15.6. The fourth-order valence-electron chi connectivity index (χ4n) is 3.46. The van der Waals surface area contributed by atoms with Crippen LogP contribution >= 0.6 is 11.3 Å². The van der Waals surface area contributed by atoms with E-state index in [2.05, 4.69) is 4.74 Å². The SMILES string of the molecule is CC1=C(CC(=O)O)C2=C(F)C(=O)CCC2N1C(=O)c1csc(OC(F)(F)C(F)(F)F)c1. The minimum Gasteiger partial charge on any atom is -0.481 e. The summed E-state index contributed by atoms with van der Waals surface area (Å²) >= 11 is 0.323. The average Bonchev–Trinajstić information content (AvgIpc) is 3.19. The number of amides is 1. The van der Waals surface area contributed by atoms with Gasteiger partial charge in [0.05, 0.1) is 18.0 Å². The Bertz CT molecular complexity index is 1020. The molecule has 0 saturated carbocycles. The van der Waals surface area contributed by atoms with E-state index in [4.69, 9.17) is 5.11 Å². The second-order valence-electron chi connectivity index (χ2n) is 6.79. The number of alkyl halides is 5. The highest BCUT2D eigenvalue weighted by Crippen LogP contribution is 2.44. The molecule has 1 amide bonds. The molecule has 1 aromatic rings. The lowest BCUT2D eigenvalue weighted by Crippen LogP contribution is -2.41. The second-order valence-corrected chi connectivity index (χ2v) is 7.66. The first-order chi connectivity index (χ1) is 14.2. The second kappa shape index (κ2) is 7.70. The number of halogens is 6. The molecule has 1 aliphatic carbocycles. The number of thiophene rings is 1. The zero-order chi connectivity index (χ0) is 23.3. The molecule has 0 bridgehead atoms. The number of Topliss-reactive ketones (excluding diaryl/α,β-unsaturated/α-hetero) is 1. The number of ether oxygens (including phenoxy) is 1. The predicted octanol–water partition coefficient (Wildman–Crippen LogP) is 4.44. The number of carbonyl (C=O) groups excluding carboxylic acids is 2. The molecule has 0 saturated heterocycles. The highest BCUT2D eigenvalue weighted by molar-refractivity contribution is 7.12. The third-order valence-electron chi connectivity index (χ3n) is 4.82. The summed E-state index contributed by atoms with van der Waals surface area (Å²) < 4.78 is 81.3. The van der Waals surface area contributed by atoms with Crippen molar-refractivity contribution in [2.24, 2.45) is 0 Å². The van der Waals surface area contributed by atoms with Crippen LogP contribution < -0.4 is 4.74 Å². The quantitative estimate of drug-likeness (QED) is 0.645. The molecule has 3 rings (SSSR count). The van der Waals surface area contributed by atoms with Crippen molar-refractivity contribution in [2.75, 3.05) is 0 Å². The van der Waals surface area contributed by atoms with Crippen molar-refractivity contribution in [3.8, 4) is 5.06 Å². The summed E-state index contributed by atoms with van der Waals surface area (Å²) in [5, 5.41) is 9.22. The lowest BCUT2D eigenvalue weighted by molar-refractivity contribution is -0.359. The number of rotatable bonds is 5. The summed E-state index contributed by atoms with van der Waals surface area (Å²) in [6.07, 6.45) is -12.4. The number of fused-ring (bicyclic) bond motifs is 1. The van der Waals surface area contributed by atoms with Gasteiger partial charge in [0.2, 0.25) is 0 Å². The number of carbonyl (C=O) groups is 3. The normalized spacial score (nSPS) is 19.8. The molecule has 6 nitrogen and oxygen atoms in total. The maximum atomic E-state index is 14.5. The number of aliphatic carboxylic acids is 1. The number of nitrogens with zero attached hydrogens (tertiary/aromatic N) is 1. The van der Waals surface area contributed by atoms with Crippen LogP contribution in [0.25, 0.3) is 0 Å². The van der Waals surface area contributed by atoms with E-state index >= 15 is 0 Å². The van der Waals surface area contributed by atoms with E-state index in [0.29, 0.717) is 17.4 Å². The summed E-state index contributed by atoms with van der Waals surface area (Å²) in [5.41, 5.74) is -0.552. The minimum absolute atomic E-state index is 0.00652. The molecule has 1 atom stereocenters. The lowest BCUT2D eigenvalue weighted by Gasteiger charge is -2.29. The van der Waals surface area contributed by atoms with Crippen LogP contribution in [0, 0.1) is 0 Å². The summed E-state index contributed by atoms with van der Waals surface area (Å²) in [7, 11) is 0. The molecule has 31 heavy (non-hydrogen) atoms. The van der Waals surface area contributed by atoms with Crippen LogP contribution in [-0.4, -0.2) is 46.0 Å². The van der Waals surface area contributed by atoms with Gasteiger partial charge >= 0.3 is 18.3 Å². The van der Waals surface area contributed by atoms with E-state index in [-0.39, 0.29) is 35.2 Å². The van der Waals surface area contributed by atoms with E-state index in [0.717, 1.165) is 10.3 Å². The van der Waals surface area contributed by atoms with Crippen molar-refractivity contribution in [3.05, 3.63) is 39.7 Å². The molecule has 2 aliphatic rings. The number of carboxylic acid groups (broad SMARTS) is 1. The Balaban J connectivity index is 1.95. The lowest BCUT2D eigenvalue weighted by atomic mass is 9.88. The highest BCUT2D eigenvalue weighted by atomic mass is 32.1. The van der Waals surface area contributed by atoms with Gasteiger partial charge in [-0.15, -0.1) is 11.3 Å². The largest absolute Gasteiger partial charge is 0.499 e. The summed E-state index contributed by atoms with van der Waals surface area (Å²) in [5.74, 6) is -4.21. The van der Waals surface area contributed by atoms with Gasteiger partial charge in [0.1, 0.15) is 0 Å². The molecular formula is C18H13F6NO5S. The maximum absolute atomic E-state index is 14.5. The van der Waals surface area contributed by atoms with Crippen molar-refractivity contribution in [3.63, 3.8) is 0 Å². The smallest absolute Gasteiger partial charge is 0.481 e. The molecule has 2 heterocycles. The average molecular weight is 469 g/mol. The molecule has 1 unspecified atom stereocenters. The summed E-state index contributed by atoms with van der Waals surface area (Å²) in [4.78, 5) is 36.9. The molecule has 0 aromatic carbocycles. The van der Waals surface area contributed by atoms with Crippen LogP contribution in [0.1, 0.15) is 36.5 Å². The third-order valence-corrected chi connectivity index (χ3v) is 5.63. The Morgan fingerprint density at radius 2 is 1.94 bits per heavy atom. The van der Waals surface area contributed by atoms with Gasteiger partial charge in [0.25, 0.3) is 5.91 Å². The van der Waals surface area contributed by atoms with E-state index in [1.54, 1.807) is 0 Å². The number of hydrogen-bond donors (Lipinski definition) is 1. The Labute approximate surface area is 174 Å². The molecule has 168 valence electrons. The fraction of sp³-hybridized carbons (Fsp3) is 0.389. The molecule has 1 aromatic heterocycles. The molecular weight excluding hydrogens is 456 g/mol. The number of carboxylic acids is 1. The van der Waals surface area contributed by atoms with Crippen molar-refractivity contribution in [2.45, 2.75) is 44.5 Å². The van der Waals surface area contributed by atoms with E-state index in [9.17, 15) is 40.7 Å². The molecule has 1 N–H and O–H groups in total. The first-order valence-electron chi connectivity index (χ1n) is 8.65. The molecule has 0 radical (unpaired) electrons. The van der Waals surface area contributed by atoms with Gasteiger partial charge in [-0.05, 0) is 18.9 Å². The van der Waals surface area contributed by atoms with Gasteiger partial charge in [-0.1, -0.05) is 0 Å².